The number of hydrogen-bond acceptors (Lipinski definition) is 6. The molecule has 2 aromatic heterocycles. The van der Waals surface area contributed by atoms with Crippen molar-refractivity contribution in [3.8, 4) is 0 Å². The van der Waals surface area contributed by atoms with Gasteiger partial charge < -0.3 is 26.7 Å². The van der Waals surface area contributed by atoms with Crippen LogP contribution in [0.3, 0.4) is 0 Å². The molecule has 2 heterocycles. The second-order valence-electron chi connectivity index (χ2n) is 6.77. The van der Waals surface area contributed by atoms with Gasteiger partial charge in [0.25, 0.3) is 5.91 Å². The van der Waals surface area contributed by atoms with Gasteiger partial charge in [-0.3, -0.25) is 9.59 Å². The van der Waals surface area contributed by atoms with E-state index in [9.17, 15) is 14.0 Å². The Bertz CT molecular complexity index is 913. The second kappa shape index (κ2) is 7.75. The van der Waals surface area contributed by atoms with E-state index in [2.05, 4.69) is 15.6 Å². The van der Waals surface area contributed by atoms with Gasteiger partial charge in [0.05, 0.1) is 11.3 Å². The first-order chi connectivity index (χ1) is 12.8. The molecule has 1 unspecified atom stereocenters. The van der Waals surface area contributed by atoms with Gasteiger partial charge in [-0.25, -0.2) is 9.37 Å². The van der Waals surface area contributed by atoms with Crippen LogP contribution >= 0.6 is 0 Å². The van der Waals surface area contributed by atoms with E-state index in [4.69, 9.17) is 11.5 Å². The molecule has 0 bridgehead atoms. The predicted octanol–water partition coefficient (Wildman–Crippen LogP) is 1.44. The maximum Gasteiger partial charge on any atom is 0.252 e. The number of pyridine rings is 2. The summed E-state index contributed by atoms with van der Waals surface area (Å²) in [6.45, 7) is 0. The zero-order chi connectivity index (χ0) is 19.6. The molecule has 3 rings (SSSR count). The predicted molar refractivity (Wildman–Crippen MR) is 102 cm³/mol. The van der Waals surface area contributed by atoms with Crippen LogP contribution in [-0.4, -0.2) is 27.5 Å². The summed E-state index contributed by atoms with van der Waals surface area (Å²) in [4.78, 5) is 27.5. The standard InChI is InChI=1S/C18H23FN6O2/c1-25-9-10(6-7-15(25)26)22-17-11(16(21)27)8-12(19)18(24-17)23-14-5-3-2-4-13(14)20/h6-9,13-14H,2-5,20H2,1H3,(H2,21,27)(H2,22,23,24)/t13?,14-/m1/s1. The summed E-state index contributed by atoms with van der Waals surface area (Å²) in [5.74, 6) is -1.37. The molecule has 6 N–H and O–H groups in total. The summed E-state index contributed by atoms with van der Waals surface area (Å²) in [5, 5.41) is 5.98. The monoisotopic (exact) mass is 374 g/mol. The van der Waals surface area contributed by atoms with Crippen molar-refractivity contribution in [1.29, 1.82) is 0 Å². The van der Waals surface area contributed by atoms with Crippen molar-refractivity contribution in [1.82, 2.24) is 9.55 Å². The Morgan fingerprint density at radius 1 is 1.30 bits per heavy atom. The summed E-state index contributed by atoms with van der Waals surface area (Å²) in [6, 6.07) is 3.79. The quantitative estimate of drug-likeness (QED) is 0.627. The van der Waals surface area contributed by atoms with E-state index in [-0.39, 0.29) is 34.8 Å². The number of aryl methyl sites for hydroxylation is 1. The van der Waals surface area contributed by atoms with Crippen molar-refractivity contribution in [2.24, 2.45) is 18.5 Å². The highest BCUT2D eigenvalue weighted by molar-refractivity contribution is 5.98. The van der Waals surface area contributed by atoms with Crippen LogP contribution in [-0.2, 0) is 7.05 Å². The van der Waals surface area contributed by atoms with E-state index >= 15 is 0 Å². The van der Waals surface area contributed by atoms with Crippen LogP contribution in [0.2, 0.25) is 0 Å². The smallest absolute Gasteiger partial charge is 0.252 e. The minimum Gasteiger partial charge on any atom is -0.365 e. The maximum absolute atomic E-state index is 14.5. The lowest BCUT2D eigenvalue weighted by atomic mass is 9.91. The number of carbonyl (C=O) groups is 1. The minimum atomic E-state index is -0.811. The van der Waals surface area contributed by atoms with Gasteiger partial charge in [0.1, 0.15) is 5.82 Å². The fraction of sp³-hybridized carbons (Fsp3) is 0.389. The Kier molecular flexibility index (Phi) is 5.41. The number of hydrogen-bond donors (Lipinski definition) is 4. The number of nitrogens with two attached hydrogens (primary N) is 2. The summed E-state index contributed by atoms with van der Waals surface area (Å²) in [6.07, 6.45) is 5.29. The van der Waals surface area contributed by atoms with Crippen LogP contribution < -0.4 is 27.7 Å². The van der Waals surface area contributed by atoms with Crippen LogP contribution in [0, 0.1) is 5.82 Å². The molecule has 1 aliphatic rings. The Morgan fingerprint density at radius 2 is 2.04 bits per heavy atom. The minimum absolute atomic E-state index is 0.00895. The lowest BCUT2D eigenvalue weighted by Gasteiger charge is -2.30. The third-order valence-corrected chi connectivity index (χ3v) is 4.73. The number of nitrogens with one attached hydrogen (secondary N) is 2. The number of anilines is 3. The van der Waals surface area contributed by atoms with Gasteiger partial charge in [-0.1, -0.05) is 12.8 Å². The highest BCUT2D eigenvalue weighted by Gasteiger charge is 2.24. The van der Waals surface area contributed by atoms with Crippen molar-refractivity contribution in [3.63, 3.8) is 0 Å². The van der Waals surface area contributed by atoms with Crippen LogP contribution in [0.5, 0.6) is 0 Å². The number of aromatic nitrogens is 2. The van der Waals surface area contributed by atoms with E-state index in [0.717, 1.165) is 31.7 Å². The third kappa shape index (κ3) is 4.25. The molecule has 2 atom stereocenters. The van der Waals surface area contributed by atoms with E-state index in [1.54, 1.807) is 19.3 Å². The van der Waals surface area contributed by atoms with Crippen molar-refractivity contribution >= 4 is 23.2 Å². The molecule has 0 radical (unpaired) electrons. The number of halogens is 1. The van der Waals surface area contributed by atoms with Gasteiger partial charge in [0.2, 0.25) is 5.56 Å². The molecular formula is C18H23FN6O2. The zero-order valence-corrected chi connectivity index (χ0v) is 15.0. The third-order valence-electron chi connectivity index (χ3n) is 4.73. The van der Waals surface area contributed by atoms with E-state index in [1.807, 2.05) is 0 Å². The molecule has 1 aliphatic carbocycles. The van der Waals surface area contributed by atoms with Crippen molar-refractivity contribution in [2.75, 3.05) is 10.6 Å². The molecule has 1 saturated carbocycles. The molecule has 0 spiro atoms. The maximum atomic E-state index is 14.5. The van der Waals surface area contributed by atoms with Gasteiger partial charge in [-0.15, -0.1) is 0 Å². The zero-order valence-electron chi connectivity index (χ0n) is 15.0. The van der Waals surface area contributed by atoms with Gasteiger partial charge in [0.15, 0.2) is 11.6 Å². The summed E-state index contributed by atoms with van der Waals surface area (Å²) >= 11 is 0. The van der Waals surface area contributed by atoms with Crippen LogP contribution in [0.1, 0.15) is 36.0 Å². The molecule has 0 aliphatic heterocycles. The number of rotatable bonds is 5. The SMILES string of the molecule is Cn1cc(Nc2nc(N[C@@H]3CCCCC3N)c(F)cc2C(N)=O)ccc1=O. The fourth-order valence-corrected chi connectivity index (χ4v) is 3.19. The molecule has 27 heavy (non-hydrogen) atoms. The van der Waals surface area contributed by atoms with Crippen LogP contribution in [0.15, 0.2) is 29.2 Å². The van der Waals surface area contributed by atoms with Gasteiger partial charge in [0, 0.05) is 31.4 Å². The normalized spacial score (nSPS) is 19.5. The highest BCUT2D eigenvalue weighted by Crippen LogP contribution is 2.26. The highest BCUT2D eigenvalue weighted by atomic mass is 19.1. The van der Waals surface area contributed by atoms with E-state index in [1.165, 1.54) is 10.6 Å². The first-order valence-corrected chi connectivity index (χ1v) is 8.81. The number of primary amides is 1. The second-order valence-corrected chi connectivity index (χ2v) is 6.77. The molecule has 0 aromatic carbocycles. The fourth-order valence-electron chi connectivity index (χ4n) is 3.19. The van der Waals surface area contributed by atoms with Gasteiger partial charge in [-0.2, -0.15) is 0 Å². The first kappa shape index (κ1) is 18.8. The van der Waals surface area contributed by atoms with Gasteiger partial charge >= 0.3 is 0 Å². The Balaban J connectivity index is 1.94. The molecule has 8 nitrogen and oxygen atoms in total. The average molecular weight is 374 g/mol. The molecule has 1 fully saturated rings. The van der Waals surface area contributed by atoms with Gasteiger partial charge in [-0.05, 0) is 25.0 Å². The Labute approximate surface area is 155 Å². The molecule has 9 heteroatoms. The Hall–Kier alpha value is -2.94. The van der Waals surface area contributed by atoms with Crippen molar-refractivity contribution < 1.29 is 9.18 Å². The number of amides is 1. The number of nitrogens with zero attached hydrogens (tertiary/aromatic N) is 2. The molecule has 144 valence electrons. The topological polar surface area (TPSA) is 128 Å². The Morgan fingerprint density at radius 3 is 2.70 bits per heavy atom. The largest absolute Gasteiger partial charge is 0.365 e. The van der Waals surface area contributed by atoms with Crippen LogP contribution in [0.25, 0.3) is 0 Å². The van der Waals surface area contributed by atoms with Crippen molar-refractivity contribution in [3.05, 3.63) is 46.1 Å². The van der Waals surface area contributed by atoms with Crippen LogP contribution in [0.4, 0.5) is 21.7 Å². The first-order valence-electron chi connectivity index (χ1n) is 8.81. The summed E-state index contributed by atoms with van der Waals surface area (Å²) < 4.78 is 15.9. The summed E-state index contributed by atoms with van der Waals surface area (Å²) in [7, 11) is 1.60. The lowest BCUT2D eigenvalue weighted by Crippen LogP contribution is -2.43. The lowest BCUT2D eigenvalue weighted by molar-refractivity contribution is 0.100. The number of carbonyl (C=O) groups excluding carboxylic acids is 1. The average Bonchev–Trinajstić information content (AvgIpc) is 2.62. The van der Waals surface area contributed by atoms with E-state index < -0.39 is 11.7 Å². The molecule has 0 saturated heterocycles. The molecule has 2 aromatic rings. The van der Waals surface area contributed by atoms with Crippen molar-refractivity contribution in [2.45, 2.75) is 37.8 Å². The molecular weight excluding hydrogens is 351 g/mol. The summed E-state index contributed by atoms with van der Waals surface area (Å²) in [5.41, 5.74) is 11.7. The van der Waals surface area contributed by atoms with E-state index in [0.29, 0.717) is 5.69 Å². The molecule has 1 amide bonds.